The number of ether oxygens (including phenoxy) is 2. The van der Waals surface area contributed by atoms with Crippen LogP contribution in [0.1, 0.15) is 44.5 Å². The predicted octanol–water partition coefficient (Wildman–Crippen LogP) is 3.24. The van der Waals surface area contributed by atoms with Gasteiger partial charge < -0.3 is 20.1 Å². The summed E-state index contributed by atoms with van der Waals surface area (Å²) in [5.41, 5.74) is 1.79. The first-order valence-electron chi connectivity index (χ1n) is 10.5. The smallest absolute Gasteiger partial charge is 0.341 e. The summed E-state index contributed by atoms with van der Waals surface area (Å²) in [6.45, 7) is 6.92. The van der Waals surface area contributed by atoms with Crippen molar-refractivity contribution < 1.29 is 23.9 Å². The molecule has 1 aromatic carbocycles. The number of nitrogens with one attached hydrogen (secondary N) is 2. The molecular weight excluding hydrogens is 430 g/mol. The van der Waals surface area contributed by atoms with Crippen molar-refractivity contribution in [3.8, 4) is 5.75 Å². The molecule has 2 aromatic rings. The number of carbonyl (C=O) groups is 3. The van der Waals surface area contributed by atoms with E-state index in [2.05, 4.69) is 10.6 Å². The van der Waals surface area contributed by atoms with Gasteiger partial charge in [0.1, 0.15) is 10.8 Å². The minimum Gasteiger partial charge on any atom is -0.493 e. The Kier molecular flexibility index (Phi) is 9.67. The lowest BCUT2D eigenvalue weighted by molar-refractivity contribution is -0.117. The third-order valence-electron chi connectivity index (χ3n) is 4.76. The fourth-order valence-corrected chi connectivity index (χ4v) is 4.26. The molecule has 0 saturated heterocycles. The molecule has 9 heteroatoms. The predicted molar refractivity (Wildman–Crippen MR) is 126 cm³/mol. The summed E-state index contributed by atoms with van der Waals surface area (Å²) in [5, 5.41) is 5.64. The Balaban J connectivity index is 1.94. The van der Waals surface area contributed by atoms with Gasteiger partial charge in [-0.3, -0.25) is 14.5 Å². The second-order valence-corrected chi connectivity index (χ2v) is 8.33. The van der Waals surface area contributed by atoms with E-state index in [1.54, 1.807) is 13.8 Å². The molecule has 0 bridgehead atoms. The molecule has 2 amide bonds. The van der Waals surface area contributed by atoms with Gasteiger partial charge in [0, 0.05) is 13.6 Å². The van der Waals surface area contributed by atoms with Gasteiger partial charge in [-0.25, -0.2) is 4.79 Å². The number of thiophene rings is 1. The molecular formula is C23H31N3O5S. The quantitative estimate of drug-likeness (QED) is 0.394. The number of hydrogen-bond donors (Lipinski definition) is 2. The van der Waals surface area contributed by atoms with Crippen molar-refractivity contribution in [3.63, 3.8) is 0 Å². The van der Waals surface area contributed by atoms with Gasteiger partial charge in [-0.2, -0.15) is 0 Å². The van der Waals surface area contributed by atoms with E-state index in [1.807, 2.05) is 43.1 Å². The third kappa shape index (κ3) is 6.80. The first-order valence-corrected chi connectivity index (χ1v) is 11.3. The monoisotopic (exact) mass is 461 g/mol. The van der Waals surface area contributed by atoms with Crippen LogP contribution in [0.2, 0.25) is 0 Å². The molecule has 174 valence electrons. The summed E-state index contributed by atoms with van der Waals surface area (Å²) >= 11 is 1.07. The molecule has 0 radical (unpaired) electrons. The minimum atomic E-state index is -0.562. The first-order chi connectivity index (χ1) is 15.3. The molecule has 0 spiro atoms. The lowest BCUT2D eigenvalue weighted by atomic mass is 10.1. The largest absolute Gasteiger partial charge is 0.493 e. The molecule has 2 rings (SSSR count). The molecule has 0 atom stereocenters. The van der Waals surface area contributed by atoms with Crippen molar-refractivity contribution in [2.45, 2.75) is 27.2 Å². The fraction of sp³-hybridized carbons (Fsp3) is 0.435. The molecule has 0 aliphatic carbocycles. The Bertz CT molecular complexity index is 957. The van der Waals surface area contributed by atoms with Crippen molar-refractivity contribution in [3.05, 3.63) is 45.8 Å². The summed E-state index contributed by atoms with van der Waals surface area (Å²) < 4.78 is 10.9. The van der Waals surface area contributed by atoms with Crippen molar-refractivity contribution in [1.82, 2.24) is 10.2 Å². The van der Waals surface area contributed by atoms with E-state index in [0.29, 0.717) is 28.6 Å². The van der Waals surface area contributed by atoms with E-state index in [1.165, 1.54) is 7.05 Å². The summed E-state index contributed by atoms with van der Waals surface area (Å²) in [6.07, 6.45) is 0.755. The van der Waals surface area contributed by atoms with E-state index < -0.39 is 5.97 Å². The Labute approximate surface area is 192 Å². The molecule has 0 aliphatic rings. The molecule has 2 N–H and O–H groups in total. The molecule has 32 heavy (non-hydrogen) atoms. The summed E-state index contributed by atoms with van der Waals surface area (Å²) in [5.74, 6) is -0.292. The highest BCUT2D eigenvalue weighted by Gasteiger charge is 2.26. The Morgan fingerprint density at radius 2 is 1.88 bits per heavy atom. The standard InChI is InChI=1S/C23H31N3O5S/c1-6-30-23(29)19-16(3)20(21(28)24-4)32-22(19)25-18(27)14-26(5)12-9-13-31-17-11-8-7-10-15(17)2/h7-8,10-11H,6,9,12-14H2,1-5H3,(H,24,28)(H,25,27). The first kappa shape index (κ1) is 25.4. The minimum absolute atomic E-state index is 0.138. The average Bonchev–Trinajstić information content (AvgIpc) is 3.07. The molecule has 8 nitrogen and oxygen atoms in total. The maximum absolute atomic E-state index is 12.6. The number of amides is 2. The number of carbonyl (C=O) groups excluding carboxylic acids is 3. The number of anilines is 1. The van der Waals surface area contributed by atoms with Gasteiger partial charge in [0.2, 0.25) is 5.91 Å². The molecule has 1 aromatic heterocycles. The molecule has 1 heterocycles. The fourth-order valence-electron chi connectivity index (χ4n) is 3.11. The van der Waals surface area contributed by atoms with E-state index in [9.17, 15) is 14.4 Å². The van der Waals surface area contributed by atoms with E-state index >= 15 is 0 Å². The van der Waals surface area contributed by atoms with Gasteiger partial charge in [0.05, 0.1) is 30.2 Å². The van der Waals surface area contributed by atoms with E-state index in [4.69, 9.17) is 9.47 Å². The van der Waals surface area contributed by atoms with E-state index in [0.717, 1.165) is 29.1 Å². The van der Waals surface area contributed by atoms with Gasteiger partial charge in [-0.15, -0.1) is 11.3 Å². The number of esters is 1. The van der Waals surface area contributed by atoms with Crippen molar-refractivity contribution in [2.75, 3.05) is 45.7 Å². The number of aryl methyl sites for hydroxylation is 1. The van der Waals surface area contributed by atoms with Crippen LogP contribution in [0.15, 0.2) is 24.3 Å². The summed E-state index contributed by atoms with van der Waals surface area (Å²) in [7, 11) is 3.36. The lowest BCUT2D eigenvalue weighted by Gasteiger charge is -2.16. The Hall–Kier alpha value is -2.91. The van der Waals surface area contributed by atoms with Crippen LogP contribution in [0.4, 0.5) is 5.00 Å². The highest BCUT2D eigenvalue weighted by molar-refractivity contribution is 7.18. The molecule has 0 saturated carbocycles. The molecule has 0 aliphatic heterocycles. The molecule has 0 fully saturated rings. The Morgan fingerprint density at radius 1 is 1.16 bits per heavy atom. The van der Waals surface area contributed by atoms with Crippen LogP contribution >= 0.6 is 11.3 Å². The third-order valence-corrected chi connectivity index (χ3v) is 5.97. The number of rotatable bonds is 11. The van der Waals surface area contributed by atoms with Crippen LogP contribution in [0.3, 0.4) is 0 Å². The van der Waals surface area contributed by atoms with Crippen LogP contribution < -0.4 is 15.4 Å². The van der Waals surface area contributed by atoms with Gasteiger partial charge in [0.15, 0.2) is 0 Å². The highest BCUT2D eigenvalue weighted by atomic mass is 32.1. The highest BCUT2D eigenvalue weighted by Crippen LogP contribution is 2.33. The van der Waals surface area contributed by atoms with Gasteiger partial charge in [-0.05, 0) is 51.4 Å². The van der Waals surface area contributed by atoms with Crippen LogP contribution in [-0.2, 0) is 9.53 Å². The second-order valence-electron chi connectivity index (χ2n) is 7.31. The zero-order valence-electron chi connectivity index (χ0n) is 19.2. The summed E-state index contributed by atoms with van der Waals surface area (Å²) in [6, 6.07) is 7.84. The van der Waals surface area contributed by atoms with Crippen LogP contribution in [0, 0.1) is 13.8 Å². The van der Waals surface area contributed by atoms with Crippen molar-refractivity contribution in [1.29, 1.82) is 0 Å². The zero-order chi connectivity index (χ0) is 23.7. The van der Waals surface area contributed by atoms with Gasteiger partial charge >= 0.3 is 5.97 Å². The normalized spacial score (nSPS) is 10.7. The van der Waals surface area contributed by atoms with E-state index in [-0.39, 0.29) is 30.5 Å². The number of para-hydroxylation sites is 1. The lowest BCUT2D eigenvalue weighted by Crippen LogP contribution is -2.31. The topological polar surface area (TPSA) is 97.0 Å². The Morgan fingerprint density at radius 3 is 2.53 bits per heavy atom. The van der Waals surface area contributed by atoms with Gasteiger partial charge in [-0.1, -0.05) is 18.2 Å². The van der Waals surface area contributed by atoms with Crippen LogP contribution in [-0.4, -0.2) is 63.1 Å². The van der Waals surface area contributed by atoms with Crippen molar-refractivity contribution in [2.24, 2.45) is 0 Å². The van der Waals surface area contributed by atoms with Crippen molar-refractivity contribution >= 4 is 34.1 Å². The SMILES string of the molecule is CCOC(=O)c1c(NC(=O)CN(C)CCCOc2ccccc2C)sc(C(=O)NC)c1C. The molecule has 0 unspecified atom stereocenters. The number of benzene rings is 1. The number of hydrogen-bond acceptors (Lipinski definition) is 7. The van der Waals surface area contributed by atoms with Crippen LogP contribution in [0.5, 0.6) is 5.75 Å². The second kappa shape index (κ2) is 12.2. The maximum Gasteiger partial charge on any atom is 0.341 e. The maximum atomic E-state index is 12.6. The zero-order valence-corrected chi connectivity index (χ0v) is 20.1. The van der Waals surface area contributed by atoms with Crippen LogP contribution in [0.25, 0.3) is 0 Å². The summed E-state index contributed by atoms with van der Waals surface area (Å²) in [4.78, 5) is 39.4. The average molecular weight is 462 g/mol. The van der Waals surface area contributed by atoms with Gasteiger partial charge in [0.25, 0.3) is 5.91 Å². The number of nitrogens with zero attached hydrogens (tertiary/aromatic N) is 1. The number of likely N-dealkylation sites (N-methyl/N-ethyl adjacent to an activating group) is 1.